The molecule has 0 N–H and O–H groups in total. The molecule has 1 atom stereocenters. The topological polar surface area (TPSA) is 26.3 Å². The summed E-state index contributed by atoms with van der Waals surface area (Å²) in [7, 11) is 0. The predicted molar refractivity (Wildman–Crippen MR) is 59.2 cm³/mol. The lowest BCUT2D eigenvalue weighted by molar-refractivity contribution is -0.148. The molecule has 0 bridgehead atoms. The highest BCUT2D eigenvalue weighted by Gasteiger charge is 2.49. The van der Waals surface area contributed by atoms with E-state index in [-0.39, 0.29) is 22.7 Å². The minimum Gasteiger partial charge on any atom is -0.486 e. The van der Waals surface area contributed by atoms with Gasteiger partial charge in [0.2, 0.25) is 0 Å². The van der Waals surface area contributed by atoms with E-state index < -0.39 is 11.2 Å². The Hall–Kier alpha value is -1.09. The summed E-state index contributed by atoms with van der Waals surface area (Å²) in [6.45, 7) is 3.60. The molecule has 1 aromatic rings. The average molecular weight is 243 g/mol. The SMILES string of the molecule is CC1(C)C(=O)CC1Oc1cccc(Cl)c1F. The maximum absolute atomic E-state index is 13.5. The summed E-state index contributed by atoms with van der Waals surface area (Å²) in [5.41, 5.74) is -0.533. The summed E-state index contributed by atoms with van der Waals surface area (Å²) in [6, 6.07) is 4.59. The van der Waals surface area contributed by atoms with Gasteiger partial charge in [-0.25, -0.2) is 4.39 Å². The van der Waals surface area contributed by atoms with E-state index >= 15 is 0 Å². The molecule has 0 saturated heterocycles. The standard InChI is InChI=1S/C12H12ClFO2/c1-12(2)9(15)6-10(12)16-8-5-3-4-7(13)11(8)14/h3-5,10H,6H2,1-2H3. The quantitative estimate of drug-likeness (QED) is 0.796. The lowest BCUT2D eigenvalue weighted by Gasteiger charge is -2.41. The van der Waals surface area contributed by atoms with Crippen LogP contribution in [0.1, 0.15) is 20.3 Å². The number of hydrogen-bond donors (Lipinski definition) is 0. The van der Waals surface area contributed by atoms with Gasteiger partial charge in [-0.05, 0) is 26.0 Å². The molecular weight excluding hydrogens is 231 g/mol. The molecule has 2 nitrogen and oxygen atoms in total. The number of hydrogen-bond acceptors (Lipinski definition) is 2. The largest absolute Gasteiger partial charge is 0.486 e. The Kier molecular flexibility index (Phi) is 2.66. The first-order valence-corrected chi connectivity index (χ1v) is 5.44. The van der Waals surface area contributed by atoms with E-state index in [1.54, 1.807) is 19.9 Å². The number of carbonyl (C=O) groups excluding carboxylic acids is 1. The number of ketones is 1. The fraction of sp³-hybridized carbons (Fsp3) is 0.417. The highest BCUT2D eigenvalue weighted by molar-refractivity contribution is 6.30. The van der Waals surface area contributed by atoms with E-state index in [1.165, 1.54) is 12.1 Å². The van der Waals surface area contributed by atoms with E-state index in [0.29, 0.717) is 6.42 Å². The number of halogens is 2. The molecule has 4 heteroatoms. The second kappa shape index (κ2) is 3.74. The van der Waals surface area contributed by atoms with Crippen molar-refractivity contribution in [2.24, 2.45) is 5.41 Å². The first kappa shape index (κ1) is 11.4. The van der Waals surface area contributed by atoms with Crippen molar-refractivity contribution in [1.82, 2.24) is 0 Å². The summed E-state index contributed by atoms with van der Waals surface area (Å²) in [6.07, 6.45) is 0.0619. The van der Waals surface area contributed by atoms with E-state index in [4.69, 9.17) is 16.3 Å². The Morgan fingerprint density at radius 2 is 2.19 bits per heavy atom. The van der Waals surface area contributed by atoms with Crippen LogP contribution in [0.15, 0.2) is 18.2 Å². The molecule has 1 fully saturated rings. The Bertz CT molecular complexity index is 443. The van der Waals surface area contributed by atoms with E-state index in [2.05, 4.69) is 0 Å². The second-order valence-electron chi connectivity index (χ2n) is 4.51. The van der Waals surface area contributed by atoms with Crippen molar-refractivity contribution in [3.8, 4) is 5.75 Å². The highest BCUT2D eigenvalue weighted by atomic mass is 35.5. The monoisotopic (exact) mass is 242 g/mol. The number of carbonyl (C=O) groups is 1. The van der Waals surface area contributed by atoms with Crippen molar-refractivity contribution in [3.63, 3.8) is 0 Å². The summed E-state index contributed by atoms with van der Waals surface area (Å²) >= 11 is 5.64. The molecular formula is C12H12ClFO2. The predicted octanol–water partition coefficient (Wildman–Crippen LogP) is 3.23. The molecule has 2 rings (SSSR count). The summed E-state index contributed by atoms with van der Waals surface area (Å²) in [5.74, 6) is -0.322. The van der Waals surface area contributed by atoms with Gasteiger partial charge in [0.15, 0.2) is 11.6 Å². The maximum atomic E-state index is 13.5. The number of rotatable bonds is 2. The van der Waals surface area contributed by atoms with E-state index in [1.807, 2.05) is 0 Å². The zero-order chi connectivity index (χ0) is 11.9. The molecule has 16 heavy (non-hydrogen) atoms. The van der Waals surface area contributed by atoms with Crippen molar-refractivity contribution in [3.05, 3.63) is 29.0 Å². The third-order valence-electron chi connectivity index (χ3n) is 3.08. The molecule has 0 radical (unpaired) electrons. The van der Waals surface area contributed by atoms with Gasteiger partial charge < -0.3 is 4.74 Å². The minimum absolute atomic E-state index is 0.0287. The van der Waals surface area contributed by atoms with Crippen molar-refractivity contribution in [1.29, 1.82) is 0 Å². The fourth-order valence-electron chi connectivity index (χ4n) is 1.65. The van der Waals surface area contributed by atoms with Crippen LogP contribution in [0.3, 0.4) is 0 Å². The van der Waals surface area contributed by atoms with Gasteiger partial charge >= 0.3 is 0 Å². The smallest absolute Gasteiger partial charge is 0.183 e. The Balaban J connectivity index is 2.17. The molecule has 0 spiro atoms. The average Bonchev–Trinajstić information content (AvgIpc) is 2.24. The molecule has 0 amide bonds. The van der Waals surface area contributed by atoms with Gasteiger partial charge in [0, 0.05) is 6.42 Å². The molecule has 1 aromatic carbocycles. The molecule has 0 aliphatic heterocycles. The molecule has 1 aliphatic carbocycles. The van der Waals surface area contributed by atoms with Gasteiger partial charge in [-0.2, -0.15) is 0 Å². The molecule has 1 unspecified atom stereocenters. The van der Waals surface area contributed by atoms with Gasteiger partial charge in [0.25, 0.3) is 0 Å². The van der Waals surface area contributed by atoms with Crippen LogP contribution in [0.5, 0.6) is 5.75 Å². The zero-order valence-electron chi connectivity index (χ0n) is 9.09. The highest BCUT2D eigenvalue weighted by Crippen LogP contribution is 2.40. The first-order chi connectivity index (χ1) is 7.43. The van der Waals surface area contributed by atoms with Crippen LogP contribution >= 0.6 is 11.6 Å². The Labute approximate surface area is 98.4 Å². The van der Waals surface area contributed by atoms with Crippen LogP contribution in [0.2, 0.25) is 5.02 Å². The lowest BCUT2D eigenvalue weighted by atomic mass is 9.68. The summed E-state index contributed by atoms with van der Waals surface area (Å²) < 4.78 is 19.0. The molecule has 1 aliphatic rings. The Morgan fingerprint density at radius 3 is 2.75 bits per heavy atom. The zero-order valence-corrected chi connectivity index (χ0v) is 9.84. The third kappa shape index (κ3) is 1.69. The van der Waals surface area contributed by atoms with Gasteiger partial charge in [-0.3, -0.25) is 4.79 Å². The maximum Gasteiger partial charge on any atom is 0.183 e. The molecule has 86 valence electrons. The van der Waals surface area contributed by atoms with Crippen LogP contribution in [-0.4, -0.2) is 11.9 Å². The van der Waals surface area contributed by atoms with Gasteiger partial charge in [0.1, 0.15) is 11.9 Å². The van der Waals surface area contributed by atoms with E-state index in [9.17, 15) is 9.18 Å². The summed E-state index contributed by atoms with van der Waals surface area (Å²) in [4.78, 5) is 11.3. The van der Waals surface area contributed by atoms with Crippen molar-refractivity contribution >= 4 is 17.4 Å². The van der Waals surface area contributed by atoms with Crippen LogP contribution in [0, 0.1) is 11.2 Å². The minimum atomic E-state index is -0.570. The third-order valence-corrected chi connectivity index (χ3v) is 3.37. The van der Waals surface area contributed by atoms with Crippen LogP contribution in [-0.2, 0) is 4.79 Å². The first-order valence-electron chi connectivity index (χ1n) is 5.07. The second-order valence-corrected chi connectivity index (χ2v) is 4.91. The fourth-order valence-corrected chi connectivity index (χ4v) is 1.82. The molecule has 0 heterocycles. The Morgan fingerprint density at radius 1 is 1.50 bits per heavy atom. The van der Waals surface area contributed by atoms with Crippen LogP contribution < -0.4 is 4.74 Å². The van der Waals surface area contributed by atoms with Crippen molar-refractivity contribution in [2.45, 2.75) is 26.4 Å². The molecule has 1 saturated carbocycles. The normalized spacial score (nSPS) is 22.8. The van der Waals surface area contributed by atoms with Crippen molar-refractivity contribution < 1.29 is 13.9 Å². The van der Waals surface area contributed by atoms with Gasteiger partial charge in [-0.15, -0.1) is 0 Å². The lowest BCUT2D eigenvalue weighted by Crippen LogP contribution is -2.53. The summed E-state index contributed by atoms with van der Waals surface area (Å²) in [5, 5.41) is 0.0287. The van der Waals surface area contributed by atoms with Crippen molar-refractivity contribution in [2.75, 3.05) is 0 Å². The molecule has 0 aromatic heterocycles. The van der Waals surface area contributed by atoms with Gasteiger partial charge in [0.05, 0.1) is 10.4 Å². The van der Waals surface area contributed by atoms with Crippen LogP contribution in [0.25, 0.3) is 0 Å². The van der Waals surface area contributed by atoms with Crippen LogP contribution in [0.4, 0.5) is 4.39 Å². The number of Topliss-reactive ketones (excluding diaryl/α,β-unsaturated/α-hetero) is 1. The number of ether oxygens (including phenoxy) is 1. The van der Waals surface area contributed by atoms with Gasteiger partial charge in [-0.1, -0.05) is 17.7 Å². The number of benzene rings is 1. The van der Waals surface area contributed by atoms with E-state index in [0.717, 1.165) is 0 Å².